The molecule has 8 heteroatoms. The number of carbonyl (C=O) groups excluding carboxylic acids is 2. The van der Waals surface area contributed by atoms with Gasteiger partial charge in [0.05, 0.1) is 10.9 Å². The van der Waals surface area contributed by atoms with Crippen molar-refractivity contribution >= 4 is 41.2 Å². The van der Waals surface area contributed by atoms with E-state index in [1.165, 1.54) is 57.8 Å². The number of hydrogen-bond acceptors (Lipinski definition) is 3. The second kappa shape index (κ2) is 17.0. The van der Waals surface area contributed by atoms with Crippen LogP contribution in [0.3, 0.4) is 0 Å². The van der Waals surface area contributed by atoms with E-state index in [1.807, 2.05) is 19.9 Å². The van der Waals surface area contributed by atoms with Crippen LogP contribution in [0.15, 0.2) is 42.5 Å². The lowest BCUT2D eigenvalue weighted by Crippen LogP contribution is -2.37. The molecule has 3 atom stereocenters. The smallest absolute Gasteiger partial charge is 0.229 e. The number of carbonyl (C=O) groups is 2. The maximum Gasteiger partial charge on any atom is 0.229 e. The predicted octanol–water partition coefficient (Wildman–Crippen LogP) is 8.11. The Morgan fingerprint density at radius 2 is 1.68 bits per heavy atom. The highest BCUT2D eigenvalue weighted by Crippen LogP contribution is 2.40. The van der Waals surface area contributed by atoms with Gasteiger partial charge in [0.25, 0.3) is 0 Å². The Balaban J connectivity index is 0.000000339. The lowest BCUT2D eigenvalue weighted by atomic mass is 9.81. The highest BCUT2D eigenvalue weighted by atomic mass is 35.5. The SMILES string of the molecule is CC.O=C(Nc1cccc(Cl)c1)C1C(CC2CCCC2)NCC1c1cccc(Cl)c1F.O=CNC1CCCCC1. The molecular formula is C32H44Cl2FN3O2. The average molecular weight is 593 g/mol. The van der Waals surface area contributed by atoms with Crippen molar-refractivity contribution in [1.29, 1.82) is 0 Å². The van der Waals surface area contributed by atoms with Crippen LogP contribution in [0.25, 0.3) is 0 Å². The Labute approximate surface area is 249 Å². The maximum atomic E-state index is 14.8. The fourth-order valence-corrected chi connectivity index (χ4v) is 6.65. The number of anilines is 1. The van der Waals surface area contributed by atoms with E-state index in [2.05, 4.69) is 16.0 Å². The number of rotatable bonds is 7. The van der Waals surface area contributed by atoms with Crippen molar-refractivity contribution in [2.45, 2.75) is 96.1 Å². The zero-order valence-corrected chi connectivity index (χ0v) is 25.2. The van der Waals surface area contributed by atoms with E-state index in [9.17, 15) is 14.0 Å². The molecule has 2 aliphatic carbocycles. The average Bonchev–Trinajstić information content (AvgIpc) is 3.63. The summed E-state index contributed by atoms with van der Waals surface area (Å²) in [6.45, 7) is 4.56. The summed E-state index contributed by atoms with van der Waals surface area (Å²) < 4.78 is 14.8. The van der Waals surface area contributed by atoms with Gasteiger partial charge in [0, 0.05) is 35.3 Å². The third-order valence-electron chi connectivity index (χ3n) is 8.21. The van der Waals surface area contributed by atoms with Crippen LogP contribution >= 0.6 is 23.2 Å². The molecule has 3 unspecified atom stereocenters. The first kappa shape index (κ1) is 32.4. The van der Waals surface area contributed by atoms with Crippen molar-refractivity contribution in [3.8, 4) is 0 Å². The topological polar surface area (TPSA) is 70.2 Å². The van der Waals surface area contributed by atoms with Gasteiger partial charge in [0.1, 0.15) is 5.82 Å². The van der Waals surface area contributed by atoms with Gasteiger partial charge in [-0.1, -0.05) is 100 Å². The van der Waals surface area contributed by atoms with Crippen LogP contribution in [-0.2, 0) is 9.59 Å². The third-order valence-corrected chi connectivity index (χ3v) is 8.74. The maximum absolute atomic E-state index is 14.8. The van der Waals surface area contributed by atoms with Gasteiger partial charge in [0.2, 0.25) is 12.3 Å². The van der Waals surface area contributed by atoms with Gasteiger partial charge < -0.3 is 16.0 Å². The fourth-order valence-electron chi connectivity index (χ4n) is 6.28. The zero-order chi connectivity index (χ0) is 28.9. The standard InChI is InChI=1S/C23H25Cl2FN2O.C7H13NO.C2H6/c24-15-7-3-8-16(12-15)28-23(29)21-18(17-9-4-10-19(25)22(17)26)13-27-20(21)11-14-5-1-2-6-14;9-6-8-7-4-2-1-3-5-7;1-2/h3-4,7-10,12,14,18,20-21,27H,1-2,5-6,11,13H2,(H,28,29);6-7H,1-5H2,(H,8,9);1-2H3. The summed E-state index contributed by atoms with van der Waals surface area (Å²) in [6.07, 6.45) is 12.9. The molecule has 220 valence electrons. The molecule has 2 aromatic carbocycles. The first-order valence-electron chi connectivity index (χ1n) is 14.9. The number of halogens is 3. The van der Waals surface area contributed by atoms with Crippen molar-refractivity contribution in [1.82, 2.24) is 10.6 Å². The molecule has 3 aliphatic rings. The second-order valence-corrected chi connectivity index (χ2v) is 11.6. The molecule has 2 saturated carbocycles. The Hall–Kier alpha value is -2.15. The Morgan fingerprint density at radius 3 is 2.35 bits per heavy atom. The Bertz CT molecular complexity index is 1070. The van der Waals surface area contributed by atoms with E-state index in [1.54, 1.807) is 36.4 Å². The summed E-state index contributed by atoms with van der Waals surface area (Å²) in [6, 6.07) is 12.6. The minimum absolute atomic E-state index is 0.0145. The Morgan fingerprint density at radius 1 is 1.00 bits per heavy atom. The van der Waals surface area contributed by atoms with Crippen molar-refractivity contribution in [3.63, 3.8) is 0 Å². The molecule has 2 amide bonds. The van der Waals surface area contributed by atoms with Crippen LogP contribution < -0.4 is 16.0 Å². The summed E-state index contributed by atoms with van der Waals surface area (Å²) in [4.78, 5) is 23.3. The third kappa shape index (κ3) is 9.19. The van der Waals surface area contributed by atoms with Crippen LogP contribution in [-0.4, -0.2) is 30.9 Å². The summed E-state index contributed by atoms with van der Waals surface area (Å²) in [7, 11) is 0. The number of hydrogen-bond donors (Lipinski definition) is 3. The van der Waals surface area contributed by atoms with Crippen molar-refractivity contribution in [2.75, 3.05) is 11.9 Å². The molecule has 5 rings (SSSR count). The second-order valence-electron chi connectivity index (χ2n) is 10.8. The molecule has 1 heterocycles. The van der Waals surface area contributed by atoms with Gasteiger partial charge in [0.15, 0.2) is 0 Å². The molecule has 5 nitrogen and oxygen atoms in total. The number of benzene rings is 2. The summed E-state index contributed by atoms with van der Waals surface area (Å²) in [5.41, 5.74) is 1.16. The van der Waals surface area contributed by atoms with Gasteiger partial charge in [-0.2, -0.15) is 0 Å². The lowest BCUT2D eigenvalue weighted by Gasteiger charge is -2.26. The van der Waals surface area contributed by atoms with Gasteiger partial charge >= 0.3 is 0 Å². The molecule has 1 aliphatic heterocycles. The van der Waals surface area contributed by atoms with Gasteiger partial charge in [-0.15, -0.1) is 0 Å². The summed E-state index contributed by atoms with van der Waals surface area (Å²) in [5, 5.41) is 9.96. The molecule has 0 aromatic heterocycles. The van der Waals surface area contributed by atoms with Crippen LogP contribution in [0.4, 0.5) is 10.1 Å². The van der Waals surface area contributed by atoms with E-state index in [-0.39, 0.29) is 28.8 Å². The van der Waals surface area contributed by atoms with Crippen LogP contribution in [0.2, 0.25) is 10.0 Å². The van der Waals surface area contributed by atoms with Gasteiger partial charge in [-0.05, 0) is 55.0 Å². The monoisotopic (exact) mass is 591 g/mol. The summed E-state index contributed by atoms with van der Waals surface area (Å²) in [5.74, 6) is -0.550. The minimum Gasteiger partial charge on any atom is -0.356 e. The molecule has 1 saturated heterocycles. The van der Waals surface area contributed by atoms with Crippen LogP contribution in [0.5, 0.6) is 0 Å². The zero-order valence-electron chi connectivity index (χ0n) is 23.7. The molecule has 2 aromatic rings. The normalized spacial score (nSPS) is 22.9. The van der Waals surface area contributed by atoms with Gasteiger partial charge in [-0.25, -0.2) is 4.39 Å². The van der Waals surface area contributed by atoms with Crippen molar-refractivity contribution in [2.24, 2.45) is 11.8 Å². The van der Waals surface area contributed by atoms with Crippen LogP contribution in [0.1, 0.15) is 89.5 Å². The number of amides is 2. The first-order valence-corrected chi connectivity index (χ1v) is 15.6. The molecule has 0 spiro atoms. The van der Waals surface area contributed by atoms with E-state index in [4.69, 9.17) is 23.2 Å². The van der Waals surface area contributed by atoms with E-state index >= 15 is 0 Å². The highest BCUT2D eigenvalue weighted by Gasteiger charge is 2.43. The lowest BCUT2D eigenvalue weighted by molar-refractivity contribution is -0.120. The summed E-state index contributed by atoms with van der Waals surface area (Å²) >= 11 is 12.1. The highest BCUT2D eigenvalue weighted by molar-refractivity contribution is 6.31. The molecular weight excluding hydrogens is 548 g/mol. The molecule has 3 fully saturated rings. The quantitative estimate of drug-likeness (QED) is 0.285. The molecule has 40 heavy (non-hydrogen) atoms. The van der Waals surface area contributed by atoms with Crippen LogP contribution in [0, 0.1) is 17.7 Å². The largest absolute Gasteiger partial charge is 0.356 e. The van der Waals surface area contributed by atoms with Gasteiger partial charge in [-0.3, -0.25) is 9.59 Å². The van der Waals surface area contributed by atoms with E-state index in [0.29, 0.717) is 34.8 Å². The van der Waals surface area contributed by atoms with Crippen molar-refractivity contribution in [3.05, 3.63) is 63.9 Å². The molecule has 3 N–H and O–H groups in total. The number of nitrogens with one attached hydrogen (secondary N) is 3. The predicted molar refractivity (Wildman–Crippen MR) is 164 cm³/mol. The Kier molecular flexibility index (Phi) is 13.7. The first-order chi connectivity index (χ1) is 19.5. The minimum atomic E-state index is -0.428. The molecule has 0 bridgehead atoms. The van der Waals surface area contributed by atoms with E-state index in [0.717, 1.165) is 12.8 Å². The molecule has 0 radical (unpaired) electrons. The van der Waals surface area contributed by atoms with Crippen molar-refractivity contribution < 1.29 is 14.0 Å². The van der Waals surface area contributed by atoms with E-state index < -0.39 is 5.82 Å². The fraction of sp³-hybridized carbons (Fsp3) is 0.562.